The zero-order chi connectivity index (χ0) is 14.7. The quantitative estimate of drug-likeness (QED) is 0.908. The third kappa shape index (κ3) is 3.21. The van der Waals surface area contributed by atoms with Crippen molar-refractivity contribution in [1.29, 1.82) is 0 Å². The lowest BCUT2D eigenvalue weighted by Crippen LogP contribution is -2.18. The molecule has 0 saturated carbocycles. The first-order valence-corrected chi connectivity index (χ1v) is 7.31. The van der Waals surface area contributed by atoms with Crippen molar-refractivity contribution in [2.75, 3.05) is 11.1 Å². The van der Waals surface area contributed by atoms with E-state index in [0.29, 0.717) is 23.8 Å². The van der Waals surface area contributed by atoms with Crippen molar-refractivity contribution < 1.29 is 4.79 Å². The summed E-state index contributed by atoms with van der Waals surface area (Å²) in [5, 5.41) is 2.89. The van der Waals surface area contributed by atoms with Gasteiger partial charge in [0.25, 0.3) is 0 Å². The van der Waals surface area contributed by atoms with Gasteiger partial charge in [-0.1, -0.05) is 24.3 Å². The van der Waals surface area contributed by atoms with E-state index in [9.17, 15) is 4.79 Å². The van der Waals surface area contributed by atoms with Gasteiger partial charge < -0.3 is 11.1 Å². The Morgan fingerprint density at radius 3 is 2.95 bits per heavy atom. The van der Waals surface area contributed by atoms with Gasteiger partial charge in [-0.15, -0.1) is 0 Å². The molecule has 21 heavy (non-hydrogen) atoms. The van der Waals surface area contributed by atoms with Gasteiger partial charge >= 0.3 is 0 Å². The summed E-state index contributed by atoms with van der Waals surface area (Å²) >= 11 is 0. The Morgan fingerprint density at radius 1 is 1.29 bits per heavy atom. The van der Waals surface area contributed by atoms with Crippen molar-refractivity contribution in [3.8, 4) is 0 Å². The summed E-state index contributed by atoms with van der Waals surface area (Å²) in [6.45, 7) is 0. The Kier molecular flexibility index (Phi) is 3.86. The largest absolute Gasteiger partial charge is 0.384 e. The minimum Gasteiger partial charge on any atom is -0.384 e. The maximum Gasteiger partial charge on any atom is 0.225 e. The van der Waals surface area contributed by atoms with Gasteiger partial charge in [0, 0.05) is 6.42 Å². The van der Waals surface area contributed by atoms with Crippen LogP contribution in [0.3, 0.4) is 0 Å². The fourth-order valence-electron chi connectivity index (χ4n) is 2.98. The van der Waals surface area contributed by atoms with Crippen molar-refractivity contribution in [3.63, 3.8) is 0 Å². The molecule has 3 rings (SSSR count). The van der Waals surface area contributed by atoms with Crippen LogP contribution in [-0.4, -0.2) is 10.9 Å². The van der Waals surface area contributed by atoms with Crippen LogP contribution < -0.4 is 11.1 Å². The van der Waals surface area contributed by atoms with E-state index in [2.05, 4.69) is 34.6 Å². The molecule has 1 heterocycles. The number of carbonyl (C=O) groups is 1. The Hall–Kier alpha value is -2.36. The van der Waals surface area contributed by atoms with E-state index in [-0.39, 0.29) is 5.91 Å². The maximum atomic E-state index is 12.2. The average molecular weight is 281 g/mol. The molecule has 1 aromatic carbocycles. The molecule has 0 saturated heterocycles. The molecule has 3 N–H and O–H groups in total. The number of nitrogens with one attached hydrogen (secondary N) is 1. The Bertz CT molecular complexity index is 637. The summed E-state index contributed by atoms with van der Waals surface area (Å²) in [6.07, 6.45) is 5.45. The van der Waals surface area contributed by atoms with Crippen LogP contribution in [0, 0.1) is 0 Å². The minimum atomic E-state index is 0.0308. The molecule has 0 bridgehead atoms. The van der Waals surface area contributed by atoms with Gasteiger partial charge in [0.2, 0.25) is 5.91 Å². The zero-order valence-electron chi connectivity index (χ0n) is 11.9. The molecular formula is C17H19N3O. The van der Waals surface area contributed by atoms with Gasteiger partial charge in [-0.2, -0.15) is 0 Å². The molecule has 108 valence electrons. The van der Waals surface area contributed by atoms with Gasteiger partial charge in [0.15, 0.2) is 0 Å². The molecular weight excluding hydrogens is 262 g/mol. The SMILES string of the molecule is Nc1ccc(NC(=O)CC2CCCc3ccccc32)cn1. The van der Waals surface area contributed by atoms with Crippen molar-refractivity contribution >= 4 is 17.4 Å². The molecule has 1 atom stereocenters. The van der Waals surface area contributed by atoms with E-state index in [1.807, 2.05) is 0 Å². The van der Waals surface area contributed by atoms with Crippen LogP contribution in [0.4, 0.5) is 11.5 Å². The number of aryl methyl sites for hydroxylation is 1. The normalized spacial score (nSPS) is 17.0. The molecule has 0 spiro atoms. The van der Waals surface area contributed by atoms with Crippen molar-refractivity contribution in [2.45, 2.75) is 31.6 Å². The molecule has 1 aliphatic carbocycles. The lowest BCUT2D eigenvalue weighted by molar-refractivity contribution is -0.116. The predicted octanol–water partition coefficient (Wildman–Crippen LogP) is 3.11. The summed E-state index contributed by atoms with van der Waals surface area (Å²) in [5.41, 5.74) is 8.94. The highest BCUT2D eigenvalue weighted by atomic mass is 16.1. The topological polar surface area (TPSA) is 68.0 Å². The summed E-state index contributed by atoms with van der Waals surface area (Å²) in [6, 6.07) is 11.9. The molecule has 0 aliphatic heterocycles. The number of fused-ring (bicyclic) bond motifs is 1. The van der Waals surface area contributed by atoms with Crippen LogP contribution in [0.1, 0.15) is 36.3 Å². The smallest absolute Gasteiger partial charge is 0.225 e. The molecule has 1 aliphatic rings. The summed E-state index contributed by atoms with van der Waals surface area (Å²) in [5.74, 6) is 0.800. The zero-order valence-corrected chi connectivity index (χ0v) is 11.9. The number of aromatic nitrogens is 1. The number of amides is 1. The second kappa shape index (κ2) is 5.95. The van der Waals surface area contributed by atoms with E-state index >= 15 is 0 Å². The number of nitrogens with zero attached hydrogens (tertiary/aromatic N) is 1. The second-order valence-electron chi connectivity index (χ2n) is 5.51. The van der Waals surface area contributed by atoms with Gasteiger partial charge in [0.05, 0.1) is 11.9 Å². The fraction of sp³-hybridized carbons (Fsp3) is 0.294. The highest BCUT2D eigenvalue weighted by Gasteiger charge is 2.22. The van der Waals surface area contributed by atoms with Gasteiger partial charge in [-0.05, 0) is 48.4 Å². The summed E-state index contributed by atoms with van der Waals surface area (Å²) in [4.78, 5) is 16.2. The van der Waals surface area contributed by atoms with Crippen LogP contribution in [0.5, 0.6) is 0 Å². The number of benzene rings is 1. The Balaban J connectivity index is 1.67. The van der Waals surface area contributed by atoms with Gasteiger partial charge in [-0.25, -0.2) is 4.98 Å². The number of nitrogen functional groups attached to an aromatic ring is 1. The lowest BCUT2D eigenvalue weighted by Gasteiger charge is -2.25. The highest BCUT2D eigenvalue weighted by molar-refractivity contribution is 5.91. The van der Waals surface area contributed by atoms with E-state index in [4.69, 9.17) is 5.73 Å². The van der Waals surface area contributed by atoms with E-state index in [1.54, 1.807) is 18.3 Å². The standard InChI is InChI=1S/C17H19N3O/c18-16-9-8-14(11-19-16)20-17(21)10-13-6-3-5-12-4-1-2-7-15(12)13/h1-2,4,7-9,11,13H,3,5-6,10H2,(H2,18,19)(H,20,21). The van der Waals surface area contributed by atoms with Crippen LogP contribution >= 0.6 is 0 Å². The van der Waals surface area contributed by atoms with E-state index < -0.39 is 0 Å². The maximum absolute atomic E-state index is 12.2. The lowest BCUT2D eigenvalue weighted by atomic mass is 9.81. The minimum absolute atomic E-state index is 0.0308. The monoisotopic (exact) mass is 281 g/mol. The molecule has 4 nitrogen and oxygen atoms in total. The molecule has 0 radical (unpaired) electrons. The molecule has 0 fully saturated rings. The first-order chi connectivity index (χ1) is 10.2. The highest BCUT2D eigenvalue weighted by Crippen LogP contribution is 2.33. The predicted molar refractivity (Wildman–Crippen MR) is 84.0 cm³/mol. The van der Waals surface area contributed by atoms with E-state index in [0.717, 1.165) is 19.3 Å². The summed E-state index contributed by atoms with van der Waals surface area (Å²) < 4.78 is 0. The number of rotatable bonds is 3. The summed E-state index contributed by atoms with van der Waals surface area (Å²) in [7, 11) is 0. The molecule has 1 aromatic heterocycles. The first kappa shape index (κ1) is 13.6. The number of pyridine rings is 1. The Labute approximate surface area is 124 Å². The van der Waals surface area contributed by atoms with Crippen LogP contribution in [-0.2, 0) is 11.2 Å². The van der Waals surface area contributed by atoms with Crippen LogP contribution in [0.25, 0.3) is 0 Å². The number of hydrogen-bond donors (Lipinski definition) is 2. The third-order valence-electron chi connectivity index (χ3n) is 4.00. The van der Waals surface area contributed by atoms with Gasteiger partial charge in [-0.3, -0.25) is 4.79 Å². The van der Waals surface area contributed by atoms with E-state index in [1.165, 1.54) is 11.1 Å². The molecule has 1 unspecified atom stereocenters. The molecule has 2 aromatic rings. The molecule has 1 amide bonds. The first-order valence-electron chi connectivity index (χ1n) is 7.31. The molecule has 4 heteroatoms. The Morgan fingerprint density at radius 2 is 2.14 bits per heavy atom. The third-order valence-corrected chi connectivity index (χ3v) is 4.00. The fourth-order valence-corrected chi connectivity index (χ4v) is 2.98. The number of nitrogens with two attached hydrogens (primary N) is 1. The number of carbonyl (C=O) groups excluding carboxylic acids is 1. The van der Waals surface area contributed by atoms with Crippen LogP contribution in [0.15, 0.2) is 42.6 Å². The van der Waals surface area contributed by atoms with Crippen LogP contribution in [0.2, 0.25) is 0 Å². The van der Waals surface area contributed by atoms with Gasteiger partial charge in [0.1, 0.15) is 5.82 Å². The second-order valence-corrected chi connectivity index (χ2v) is 5.51. The average Bonchev–Trinajstić information content (AvgIpc) is 2.50. The van der Waals surface area contributed by atoms with Crippen molar-refractivity contribution in [3.05, 3.63) is 53.7 Å². The number of anilines is 2. The van der Waals surface area contributed by atoms with Crippen molar-refractivity contribution in [1.82, 2.24) is 4.98 Å². The number of hydrogen-bond acceptors (Lipinski definition) is 3. The van der Waals surface area contributed by atoms with Crippen molar-refractivity contribution in [2.24, 2.45) is 0 Å².